The molecule has 3 atom stereocenters. The van der Waals surface area contributed by atoms with Crippen molar-refractivity contribution in [2.45, 2.75) is 37.4 Å². The molecule has 0 radical (unpaired) electrons. The molecule has 1 saturated heterocycles. The number of nitrogen functional groups attached to an aromatic ring is 1. The summed E-state index contributed by atoms with van der Waals surface area (Å²) in [4.78, 5) is 41.5. The first-order valence-corrected chi connectivity index (χ1v) is 14.1. The number of carbonyl (C=O) groups excluding carboxylic acids is 3. The largest absolute Gasteiger partial charge is 0.438 e. The van der Waals surface area contributed by atoms with Crippen molar-refractivity contribution in [3.63, 3.8) is 0 Å². The molecule has 1 fully saturated rings. The van der Waals surface area contributed by atoms with Crippen LogP contribution in [0.1, 0.15) is 52.2 Å². The van der Waals surface area contributed by atoms with Crippen molar-refractivity contribution in [3.05, 3.63) is 76.3 Å². The molecular formula is C29H29N7O4S. The van der Waals surface area contributed by atoms with Gasteiger partial charge < -0.3 is 32.2 Å². The van der Waals surface area contributed by atoms with Crippen LogP contribution >= 0.6 is 11.3 Å². The van der Waals surface area contributed by atoms with E-state index in [1.165, 1.54) is 18.3 Å². The molecule has 1 aliphatic heterocycles. The van der Waals surface area contributed by atoms with Crippen molar-refractivity contribution < 1.29 is 19.1 Å². The van der Waals surface area contributed by atoms with E-state index < -0.39 is 17.4 Å². The van der Waals surface area contributed by atoms with E-state index in [1.54, 1.807) is 59.6 Å². The summed E-state index contributed by atoms with van der Waals surface area (Å²) >= 11 is 1.20. The molecule has 0 bridgehead atoms. The second-order valence-corrected chi connectivity index (χ2v) is 11.4. The van der Waals surface area contributed by atoms with Crippen LogP contribution in [-0.4, -0.2) is 51.8 Å². The SMILES string of the molecule is CC(=O)N1CCCC(NC(=O)c2sc3c(N)ccc4c3c2C(N)C(=O)C4(N)c2ccc(Oc3cccnn3)cc2)C1. The monoisotopic (exact) mass is 571 g/mol. The van der Waals surface area contributed by atoms with E-state index in [0.29, 0.717) is 62.1 Å². The van der Waals surface area contributed by atoms with Crippen molar-refractivity contribution in [1.29, 1.82) is 0 Å². The predicted molar refractivity (Wildman–Crippen MR) is 154 cm³/mol. The molecular weight excluding hydrogens is 542 g/mol. The lowest BCUT2D eigenvalue weighted by Crippen LogP contribution is -2.53. The number of anilines is 1. The van der Waals surface area contributed by atoms with Gasteiger partial charge in [-0.1, -0.05) is 18.2 Å². The number of ketones is 1. The fourth-order valence-electron chi connectivity index (χ4n) is 5.73. The Kier molecular flexibility index (Phi) is 6.68. The van der Waals surface area contributed by atoms with Crippen LogP contribution in [0, 0.1) is 0 Å². The van der Waals surface area contributed by atoms with Gasteiger partial charge in [-0.3, -0.25) is 14.4 Å². The molecule has 0 spiro atoms. The number of amides is 2. The van der Waals surface area contributed by atoms with Gasteiger partial charge in [0, 0.05) is 55.0 Å². The van der Waals surface area contributed by atoms with Gasteiger partial charge in [-0.05, 0) is 48.2 Å². The Hall–Kier alpha value is -4.39. The van der Waals surface area contributed by atoms with E-state index in [9.17, 15) is 14.4 Å². The summed E-state index contributed by atoms with van der Waals surface area (Å²) in [5, 5.41) is 11.4. The Labute approximate surface area is 239 Å². The van der Waals surface area contributed by atoms with Crippen molar-refractivity contribution in [2.75, 3.05) is 18.8 Å². The van der Waals surface area contributed by atoms with Crippen LogP contribution in [-0.2, 0) is 15.1 Å². The van der Waals surface area contributed by atoms with E-state index in [-0.39, 0.29) is 17.9 Å². The number of Topliss-reactive ketones (excluding diaryl/α,β-unsaturated/α-hetero) is 1. The minimum absolute atomic E-state index is 0.0291. The molecule has 4 aromatic rings. The Bertz CT molecular complexity index is 1670. The maximum Gasteiger partial charge on any atom is 0.262 e. The van der Waals surface area contributed by atoms with Gasteiger partial charge in [0.05, 0.1) is 15.6 Å². The molecule has 11 nitrogen and oxygen atoms in total. The van der Waals surface area contributed by atoms with Crippen molar-refractivity contribution in [1.82, 2.24) is 20.4 Å². The van der Waals surface area contributed by atoms with Gasteiger partial charge in [0.25, 0.3) is 5.91 Å². The summed E-state index contributed by atoms with van der Waals surface area (Å²) in [5.74, 6) is 0.00842. The van der Waals surface area contributed by atoms with Crippen LogP contribution in [0.4, 0.5) is 5.69 Å². The zero-order valence-corrected chi connectivity index (χ0v) is 23.1. The Morgan fingerprint density at radius 3 is 2.66 bits per heavy atom. The van der Waals surface area contributed by atoms with Gasteiger partial charge in [0.1, 0.15) is 11.3 Å². The first kappa shape index (κ1) is 26.8. The highest BCUT2D eigenvalue weighted by Gasteiger charge is 2.48. The number of hydrogen-bond donors (Lipinski definition) is 4. The Morgan fingerprint density at radius 2 is 1.95 bits per heavy atom. The molecule has 41 heavy (non-hydrogen) atoms. The van der Waals surface area contributed by atoms with E-state index >= 15 is 0 Å². The molecule has 7 N–H and O–H groups in total. The first-order chi connectivity index (χ1) is 19.7. The van der Waals surface area contributed by atoms with Gasteiger partial charge >= 0.3 is 0 Å². The fourth-order valence-corrected chi connectivity index (χ4v) is 6.93. The normalized spacial score (nSPS) is 22.0. The number of carbonyl (C=O) groups is 3. The smallest absolute Gasteiger partial charge is 0.262 e. The van der Waals surface area contributed by atoms with Crippen LogP contribution in [0.15, 0.2) is 54.7 Å². The lowest BCUT2D eigenvalue weighted by Gasteiger charge is -2.36. The standard InChI is InChI=1S/C29H29N7O4S/c1-15(37)36-13-3-4-17(14-36)34-28(39)26-23-22-19(10-11-20(30)25(22)41-26)29(32,27(38)24(23)31)16-6-8-18(9-7-16)40-21-5-2-12-33-35-21/h2,5-12,17,24H,3-4,13-14,30-32H2,1H3,(H,34,39). The summed E-state index contributed by atoms with van der Waals surface area (Å²) < 4.78 is 6.39. The van der Waals surface area contributed by atoms with Crippen LogP contribution in [0.5, 0.6) is 11.6 Å². The first-order valence-electron chi connectivity index (χ1n) is 13.2. The summed E-state index contributed by atoms with van der Waals surface area (Å²) in [6.07, 6.45) is 3.08. The zero-order chi connectivity index (χ0) is 28.9. The number of rotatable bonds is 5. The maximum absolute atomic E-state index is 14.0. The third-order valence-corrected chi connectivity index (χ3v) is 9.05. The second kappa shape index (κ2) is 10.2. The Morgan fingerprint density at radius 1 is 1.17 bits per heavy atom. The average molecular weight is 572 g/mol. The minimum Gasteiger partial charge on any atom is -0.438 e. The topological polar surface area (TPSA) is 180 Å². The molecule has 2 aromatic carbocycles. The summed E-state index contributed by atoms with van der Waals surface area (Å²) in [7, 11) is 0. The molecule has 3 unspecified atom stereocenters. The molecule has 2 amide bonds. The number of piperidine rings is 1. The maximum atomic E-state index is 14.0. The quantitative estimate of drug-likeness (QED) is 0.262. The van der Waals surface area contributed by atoms with Crippen LogP contribution in [0.25, 0.3) is 10.1 Å². The number of benzene rings is 2. The molecule has 6 rings (SSSR count). The van der Waals surface area contributed by atoms with E-state index in [1.807, 2.05) is 0 Å². The number of nitrogens with one attached hydrogen (secondary N) is 1. The molecule has 210 valence electrons. The molecule has 3 heterocycles. The van der Waals surface area contributed by atoms with Gasteiger partial charge in [-0.15, -0.1) is 16.4 Å². The number of nitrogens with two attached hydrogens (primary N) is 3. The average Bonchev–Trinajstić information content (AvgIpc) is 3.39. The van der Waals surface area contributed by atoms with E-state index in [2.05, 4.69) is 15.5 Å². The highest BCUT2D eigenvalue weighted by atomic mass is 32.1. The highest BCUT2D eigenvalue weighted by molar-refractivity contribution is 7.21. The number of aromatic nitrogens is 2. The minimum atomic E-state index is -1.58. The number of likely N-dealkylation sites (tertiary alicyclic amines) is 1. The fraction of sp³-hybridized carbons (Fsp3) is 0.276. The number of ether oxygens (including phenoxy) is 1. The van der Waals surface area contributed by atoms with Gasteiger partial charge in [-0.25, -0.2) is 0 Å². The van der Waals surface area contributed by atoms with Gasteiger partial charge in [0.15, 0.2) is 5.78 Å². The highest BCUT2D eigenvalue weighted by Crippen LogP contribution is 2.49. The molecule has 0 saturated carbocycles. The number of nitrogens with zero attached hydrogens (tertiary/aromatic N) is 3. The van der Waals surface area contributed by atoms with Gasteiger partial charge in [0.2, 0.25) is 11.8 Å². The van der Waals surface area contributed by atoms with Crippen molar-refractivity contribution >= 4 is 44.7 Å². The lowest BCUT2D eigenvalue weighted by atomic mass is 9.70. The molecule has 2 aromatic heterocycles. The molecule has 1 aliphatic carbocycles. The lowest BCUT2D eigenvalue weighted by molar-refractivity contribution is -0.130. The molecule has 2 aliphatic rings. The van der Waals surface area contributed by atoms with Crippen LogP contribution < -0.4 is 27.3 Å². The van der Waals surface area contributed by atoms with Gasteiger partial charge in [-0.2, -0.15) is 5.10 Å². The van der Waals surface area contributed by atoms with Crippen molar-refractivity contribution in [3.8, 4) is 11.6 Å². The third kappa shape index (κ3) is 4.49. The van der Waals surface area contributed by atoms with Crippen LogP contribution in [0.2, 0.25) is 0 Å². The number of hydrogen-bond acceptors (Lipinski definition) is 10. The van der Waals surface area contributed by atoms with E-state index in [0.717, 1.165) is 12.8 Å². The predicted octanol–water partition coefficient (Wildman–Crippen LogP) is 2.59. The molecule has 12 heteroatoms. The van der Waals surface area contributed by atoms with Crippen molar-refractivity contribution in [2.24, 2.45) is 11.5 Å². The Balaban J connectivity index is 1.38. The summed E-state index contributed by atoms with van der Waals surface area (Å²) in [6.45, 7) is 2.62. The van der Waals surface area contributed by atoms with Crippen LogP contribution in [0.3, 0.4) is 0 Å². The van der Waals surface area contributed by atoms with E-state index in [4.69, 9.17) is 21.9 Å². The number of thiophene rings is 1. The summed E-state index contributed by atoms with van der Waals surface area (Å²) in [5.41, 5.74) is 20.3. The second-order valence-electron chi connectivity index (χ2n) is 10.4. The zero-order valence-electron chi connectivity index (χ0n) is 22.3. The summed E-state index contributed by atoms with van der Waals surface area (Å²) in [6, 6.07) is 12.3. The third-order valence-electron chi connectivity index (χ3n) is 7.80.